The number of hydrogen-bond acceptors (Lipinski definition) is 3. The molecule has 4 nitrogen and oxygen atoms in total. The van der Waals surface area contributed by atoms with Gasteiger partial charge in [-0.15, -0.1) is 0 Å². The second-order valence-electron chi connectivity index (χ2n) is 3.51. The standard InChI is InChI=1S/C8H13F3N2O2/c1-5-6(2-3-12-5)7(14)13-15-4-8(9,10)11/h5-6,12H,2-4H2,1H3,(H,13,14). The molecule has 0 aromatic rings. The Morgan fingerprint density at radius 3 is 2.73 bits per heavy atom. The van der Waals surface area contributed by atoms with Crippen molar-refractivity contribution >= 4 is 5.91 Å². The fraction of sp³-hybridized carbons (Fsp3) is 0.875. The van der Waals surface area contributed by atoms with Crippen LogP contribution in [0.3, 0.4) is 0 Å². The molecule has 2 atom stereocenters. The molecule has 0 saturated carbocycles. The van der Waals surface area contributed by atoms with Gasteiger partial charge in [0.2, 0.25) is 5.91 Å². The molecule has 2 unspecified atom stereocenters. The first-order valence-corrected chi connectivity index (χ1v) is 4.62. The summed E-state index contributed by atoms with van der Waals surface area (Å²) >= 11 is 0. The van der Waals surface area contributed by atoms with Gasteiger partial charge in [0.1, 0.15) is 0 Å². The number of alkyl halides is 3. The molecule has 0 spiro atoms. The summed E-state index contributed by atoms with van der Waals surface area (Å²) < 4.78 is 35.0. The molecular formula is C8H13F3N2O2. The summed E-state index contributed by atoms with van der Waals surface area (Å²) in [6.07, 6.45) is -3.81. The topological polar surface area (TPSA) is 50.4 Å². The number of hydroxylamine groups is 1. The lowest BCUT2D eigenvalue weighted by atomic mass is 10.0. The molecule has 1 rings (SSSR count). The average molecular weight is 226 g/mol. The van der Waals surface area contributed by atoms with Crippen LogP contribution >= 0.6 is 0 Å². The first kappa shape index (κ1) is 12.3. The zero-order valence-electron chi connectivity index (χ0n) is 8.23. The van der Waals surface area contributed by atoms with Gasteiger partial charge in [-0.1, -0.05) is 0 Å². The van der Waals surface area contributed by atoms with Crippen molar-refractivity contribution in [1.29, 1.82) is 0 Å². The summed E-state index contributed by atoms with van der Waals surface area (Å²) in [5, 5.41) is 3.02. The minimum Gasteiger partial charge on any atom is -0.313 e. The maximum absolute atomic E-state index is 11.7. The van der Waals surface area contributed by atoms with E-state index in [0.717, 1.165) is 0 Å². The minimum atomic E-state index is -4.42. The van der Waals surface area contributed by atoms with E-state index in [0.29, 0.717) is 13.0 Å². The fourth-order valence-corrected chi connectivity index (χ4v) is 1.48. The van der Waals surface area contributed by atoms with Crippen molar-refractivity contribution < 1.29 is 22.8 Å². The lowest BCUT2D eigenvalue weighted by Gasteiger charge is -2.15. The van der Waals surface area contributed by atoms with Crippen molar-refractivity contribution in [2.24, 2.45) is 5.92 Å². The first-order valence-electron chi connectivity index (χ1n) is 4.62. The highest BCUT2D eigenvalue weighted by Gasteiger charge is 2.31. The Labute approximate surface area is 85.1 Å². The van der Waals surface area contributed by atoms with E-state index in [1.165, 1.54) is 0 Å². The van der Waals surface area contributed by atoms with Gasteiger partial charge in [-0.25, -0.2) is 5.48 Å². The van der Waals surface area contributed by atoms with Crippen LogP contribution in [0.1, 0.15) is 13.3 Å². The molecule has 1 aliphatic heterocycles. The van der Waals surface area contributed by atoms with Crippen LogP contribution in [-0.4, -0.2) is 31.3 Å². The van der Waals surface area contributed by atoms with E-state index in [4.69, 9.17) is 0 Å². The molecule has 1 aliphatic rings. The zero-order valence-corrected chi connectivity index (χ0v) is 8.23. The molecule has 1 amide bonds. The number of halogens is 3. The molecule has 88 valence electrons. The van der Waals surface area contributed by atoms with Gasteiger partial charge < -0.3 is 5.32 Å². The van der Waals surface area contributed by atoms with E-state index in [-0.39, 0.29) is 12.0 Å². The van der Waals surface area contributed by atoms with Crippen molar-refractivity contribution in [3.63, 3.8) is 0 Å². The number of carbonyl (C=O) groups is 1. The van der Waals surface area contributed by atoms with Gasteiger partial charge >= 0.3 is 6.18 Å². The SMILES string of the molecule is CC1NCCC1C(=O)NOCC(F)(F)F. The number of nitrogens with one attached hydrogen (secondary N) is 2. The third-order valence-electron chi connectivity index (χ3n) is 2.27. The van der Waals surface area contributed by atoms with Crippen LogP contribution in [0.5, 0.6) is 0 Å². The Morgan fingerprint density at radius 1 is 1.60 bits per heavy atom. The number of carbonyl (C=O) groups excluding carboxylic acids is 1. The molecule has 1 heterocycles. The van der Waals surface area contributed by atoms with Crippen LogP contribution < -0.4 is 10.8 Å². The lowest BCUT2D eigenvalue weighted by Crippen LogP contribution is -2.38. The largest absolute Gasteiger partial charge is 0.414 e. The highest BCUT2D eigenvalue weighted by molar-refractivity contribution is 5.78. The highest BCUT2D eigenvalue weighted by Crippen LogP contribution is 2.16. The Morgan fingerprint density at radius 2 is 2.27 bits per heavy atom. The van der Waals surface area contributed by atoms with E-state index in [9.17, 15) is 18.0 Å². The van der Waals surface area contributed by atoms with Gasteiger partial charge in [0.05, 0.1) is 5.92 Å². The van der Waals surface area contributed by atoms with Crippen molar-refractivity contribution in [2.45, 2.75) is 25.6 Å². The Kier molecular flexibility index (Phi) is 3.92. The molecule has 0 aliphatic carbocycles. The average Bonchev–Trinajstić information content (AvgIpc) is 2.48. The molecule has 1 fully saturated rings. The second-order valence-corrected chi connectivity index (χ2v) is 3.51. The molecule has 0 aromatic heterocycles. The van der Waals surface area contributed by atoms with Crippen LogP contribution in [0.15, 0.2) is 0 Å². The molecule has 2 N–H and O–H groups in total. The number of rotatable bonds is 3. The Balaban J connectivity index is 2.24. The van der Waals surface area contributed by atoms with Crippen LogP contribution in [0.25, 0.3) is 0 Å². The van der Waals surface area contributed by atoms with Crippen LogP contribution in [-0.2, 0) is 9.63 Å². The van der Waals surface area contributed by atoms with Crippen molar-refractivity contribution in [1.82, 2.24) is 10.8 Å². The predicted octanol–water partition coefficient (Wildman–Crippen LogP) is 0.594. The minimum absolute atomic E-state index is 0.0283. The summed E-state index contributed by atoms with van der Waals surface area (Å²) in [5.41, 5.74) is 1.81. The normalized spacial score (nSPS) is 26.7. The highest BCUT2D eigenvalue weighted by atomic mass is 19.4. The third-order valence-corrected chi connectivity index (χ3v) is 2.27. The fourth-order valence-electron chi connectivity index (χ4n) is 1.48. The maximum atomic E-state index is 11.7. The number of amides is 1. The molecule has 15 heavy (non-hydrogen) atoms. The van der Waals surface area contributed by atoms with Gasteiger partial charge in [0.25, 0.3) is 0 Å². The first-order chi connectivity index (χ1) is 6.90. The maximum Gasteiger partial charge on any atom is 0.414 e. The van der Waals surface area contributed by atoms with Crippen molar-refractivity contribution in [3.05, 3.63) is 0 Å². The quantitative estimate of drug-likeness (QED) is 0.693. The molecule has 1 saturated heterocycles. The summed E-state index contributed by atoms with van der Waals surface area (Å²) in [7, 11) is 0. The summed E-state index contributed by atoms with van der Waals surface area (Å²) in [4.78, 5) is 15.4. The van der Waals surface area contributed by atoms with Crippen molar-refractivity contribution in [2.75, 3.05) is 13.2 Å². The van der Waals surface area contributed by atoms with E-state index < -0.39 is 18.7 Å². The van der Waals surface area contributed by atoms with Crippen LogP contribution in [0.4, 0.5) is 13.2 Å². The molecule has 0 radical (unpaired) electrons. The Bertz CT molecular complexity index is 232. The van der Waals surface area contributed by atoms with E-state index in [2.05, 4.69) is 10.2 Å². The number of hydrogen-bond donors (Lipinski definition) is 2. The van der Waals surface area contributed by atoms with Gasteiger partial charge in [-0.3, -0.25) is 9.63 Å². The monoisotopic (exact) mass is 226 g/mol. The van der Waals surface area contributed by atoms with Gasteiger partial charge in [0.15, 0.2) is 6.61 Å². The third kappa shape index (κ3) is 4.05. The predicted molar refractivity (Wildman–Crippen MR) is 45.7 cm³/mol. The van der Waals surface area contributed by atoms with Gasteiger partial charge in [-0.05, 0) is 19.9 Å². The van der Waals surface area contributed by atoms with Crippen LogP contribution in [0.2, 0.25) is 0 Å². The molecule has 7 heteroatoms. The smallest absolute Gasteiger partial charge is 0.313 e. The molecular weight excluding hydrogens is 213 g/mol. The van der Waals surface area contributed by atoms with Crippen molar-refractivity contribution in [3.8, 4) is 0 Å². The zero-order chi connectivity index (χ0) is 11.5. The summed E-state index contributed by atoms with van der Waals surface area (Å²) in [6.45, 7) is 1.03. The second kappa shape index (κ2) is 4.80. The summed E-state index contributed by atoms with van der Waals surface area (Å²) in [6, 6.07) is -0.0283. The Hall–Kier alpha value is -0.820. The van der Waals surface area contributed by atoms with E-state index in [1.54, 1.807) is 6.92 Å². The van der Waals surface area contributed by atoms with Crippen LogP contribution in [0, 0.1) is 5.92 Å². The molecule has 0 bridgehead atoms. The molecule has 0 aromatic carbocycles. The van der Waals surface area contributed by atoms with Gasteiger partial charge in [0, 0.05) is 6.04 Å². The lowest BCUT2D eigenvalue weighted by molar-refractivity contribution is -0.192. The summed E-state index contributed by atoms with van der Waals surface area (Å²) in [5.74, 6) is -0.824. The van der Waals surface area contributed by atoms with E-state index in [1.807, 2.05) is 5.48 Å². The van der Waals surface area contributed by atoms with Gasteiger partial charge in [-0.2, -0.15) is 13.2 Å². The van der Waals surface area contributed by atoms with E-state index >= 15 is 0 Å².